The van der Waals surface area contributed by atoms with Crippen molar-refractivity contribution < 1.29 is 13.6 Å². The summed E-state index contributed by atoms with van der Waals surface area (Å²) in [5.41, 5.74) is 1.46. The summed E-state index contributed by atoms with van der Waals surface area (Å²) in [6.07, 6.45) is 3.08. The predicted molar refractivity (Wildman–Crippen MR) is 97.0 cm³/mol. The van der Waals surface area contributed by atoms with E-state index >= 15 is 0 Å². The molecular formula is C18H13ClFN5O2. The van der Waals surface area contributed by atoms with E-state index in [0.29, 0.717) is 22.8 Å². The molecule has 0 unspecified atom stereocenters. The van der Waals surface area contributed by atoms with Crippen molar-refractivity contribution in [2.75, 3.05) is 5.32 Å². The molecule has 0 radical (unpaired) electrons. The lowest BCUT2D eigenvalue weighted by atomic mass is 10.2. The Bertz CT molecular complexity index is 1090. The van der Waals surface area contributed by atoms with E-state index in [9.17, 15) is 9.18 Å². The normalized spacial score (nSPS) is 10.9. The van der Waals surface area contributed by atoms with Crippen molar-refractivity contribution in [3.63, 3.8) is 0 Å². The average Bonchev–Trinajstić information content (AvgIpc) is 3.39. The Kier molecular flexibility index (Phi) is 4.47. The van der Waals surface area contributed by atoms with Gasteiger partial charge in [0.1, 0.15) is 17.3 Å². The van der Waals surface area contributed by atoms with Crippen LogP contribution in [-0.2, 0) is 6.54 Å². The number of aromatic amines is 1. The lowest BCUT2D eigenvalue weighted by Gasteiger charge is -2.08. The van der Waals surface area contributed by atoms with Gasteiger partial charge >= 0.3 is 0 Å². The molecule has 1 amide bonds. The van der Waals surface area contributed by atoms with Crippen LogP contribution in [0.1, 0.15) is 16.1 Å². The molecule has 3 aromatic heterocycles. The second-order valence-electron chi connectivity index (χ2n) is 5.72. The number of furan rings is 1. The Morgan fingerprint density at radius 3 is 2.96 bits per heavy atom. The van der Waals surface area contributed by atoms with Gasteiger partial charge in [0.2, 0.25) is 0 Å². The van der Waals surface area contributed by atoms with E-state index in [-0.39, 0.29) is 17.3 Å². The number of H-pyrrole nitrogens is 1. The third-order valence-electron chi connectivity index (χ3n) is 3.87. The van der Waals surface area contributed by atoms with E-state index in [1.54, 1.807) is 41.2 Å². The first-order chi connectivity index (χ1) is 13.1. The second-order valence-corrected chi connectivity index (χ2v) is 6.13. The zero-order valence-electron chi connectivity index (χ0n) is 13.8. The fraction of sp³-hybridized carbons (Fsp3) is 0.0556. The number of amides is 1. The monoisotopic (exact) mass is 385 g/mol. The Morgan fingerprint density at radius 1 is 1.30 bits per heavy atom. The first-order valence-corrected chi connectivity index (χ1v) is 8.34. The molecule has 0 aliphatic heterocycles. The van der Waals surface area contributed by atoms with Gasteiger partial charge in [-0.1, -0.05) is 17.7 Å². The van der Waals surface area contributed by atoms with Crippen molar-refractivity contribution in [1.29, 1.82) is 0 Å². The van der Waals surface area contributed by atoms with Crippen LogP contribution in [0.2, 0.25) is 5.02 Å². The van der Waals surface area contributed by atoms with Crippen molar-refractivity contribution in [2.45, 2.75) is 6.54 Å². The Hall–Kier alpha value is -3.39. The molecule has 0 aliphatic rings. The Labute approximate surface area is 157 Å². The molecule has 2 N–H and O–H groups in total. The maximum absolute atomic E-state index is 13.6. The summed E-state index contributed by atoms with van der Waals surface area (Å²) in [5, 5.41) is 13.7. The molecule has 0 saturated heterocycles. The number of nitrogens with zero attached hydrogens (tertiary/aromatic N) is 3. The predicted octanol–water partition coefficient (Wildman–Crippen LogP) is 3.96. The van der Waals surface area contributed by atoms with Crippen LogP contribution >= 0.6 is 11.6 Å². The van der Waals surface area contributed by atoms with Crippen LogP contribution < -0.4 is 5.32 Å². The molecule has 136 valence electrons. The van der Waals surface area contributed by atoms with Gasteiger partial charge < -0.3 is 9.73 Å². The van der Waals surface area contributed by atoms with Crippen molar-refractivity contribution in [3.05, 3.63) is 77.0 Å². The summed E-state index contributed by atoms with van der Waals surface area (Å²) in [6, 6.07) is 11.2. The van der Waals surface area contributed by atoms with E-state index in [0.717, 1.165) is 0 Å². The maximum Gasteiger partial charge on any atom is 0.277 e. The van der Waals surface area contributed by atoms with E-state index in [2.05, 4.69) is 20.6 Å². The molecule has 27 heavy (non-hydrogen) atoms. The van der Waals surface area contributed by atoms with Gasteiger partial charge in [0.05, 0.1) is 24.0 Å². The topological polar surface area (TPSA) is 88.7 Å². The van der Waals surface area contributed by atoms with Gasteiger partial charge in [-0.25, -0.2) is 9.07 Å². The molecule has 1 aromatic carbocycles. The lowest BCUT2D eigenvalue weighted by molar-refractivity contribution is 0.102. The van der Waals surface area contributed by atoms with Crippen LogP contribution in [0.3, 0.4) is 0 Å². The quantitative estimate of drug-likeness (QED) is 0.544. The van der Waals surface area contributed by atoms with Crippen molar-refractivity contribution in [1.82, 2.24) is 20.0 Å². The Morgan fingerprint density at radius 2 is 2.19 bits per heavy atom. The van der Waals surface area contributed by atoms with Gasteiger partial charge in [0.15, 0.2) is 11.5 Å². The first-order valence-electron chi connectivity index (χ1n) is 7.96. The molecule has 3 heterocycles. The molecule has 0 atom stereocenters. The van der Waals surface area contributed by atoms with E-state index in [4.69, 9.17) is 16.0 Å². The van der Waals surface area contributed by atoms with Gasteiger partial charge in [-0.2, -0.15) is 10.2 Å². The molecule has 0 aliphatic carbocycles. The fourth-order valence-corrected chi connectivity index (χ4v) is 2.67. The van der Waals surface area contributed by atoms with Crippen LogP contribution in [0, 0.1) is 5.82 Å². The summed E-state index contributed by atoms with van der Waals surface area (Å²) in [5.74, 6) is 0.122. The third kappa shape index (κ3) is 3.61. The molecule has 4 aromatic rings. The number of hydrogen-bond acceptors (Lipinski definition) is 4. The summed E-state index contributed by atoms with van der Waals surface area (Å²) in [4.78, 5) is 12.5. The number of anilines is 1. The minimum Gasteiger partial charge on any atom is -0.463 e. The highest BCUT2D eigenvalue weighted by atomic mass is 35.5. The largest absolute Gasteiger partial charge is 0.463 e. The first kappa shape index (κ1) is 17.0. The summed E-state index contributed by atoms with van der Waals surface area (Å²) in [7, 11) is 0. The van der Waals surface area contributed by atoms with Crippen molar-refractivity contribution in [2.24, 2.45) is 0 Å². The molecule has 7 nitrogen and oxygen atoms in total. The van der Waals surface area contributed by atoms with Crippen molar-refractivity contribution >= 4 is 23.3 Å². The van der Waals surface area contributed by atoms with Crippen molar-refractivity contribution in [3.8, 4) is 11.5 Å². The molecule has 4 rings (SSSR count). The summed E-state index contributed by atoms with van der Waals surface area (Å²) in [6.45, 7) is 0.273. The number of rotatable bonds is 5. The van der Waals surface area contributed by atoms with Gasteiger partial charge in [0, 0.05) is 12.1 Å². The number of benzene rings is 1. The summed E-state index contributed by atoms with van der Waals surface area (Å²) >= 11 is 5.70. The van der Waals surface area contributed by atoms with E-state index in [1.807, 2.05) is 0 Å². The van der Waals surface area contributed by atoms with Crippen LogP contribution in [0.25, 0.3) is 11.5 Å². The lowest BCUT2D eigenvalue weighted by Crippen LogP contribution is -2.16. The maximum atomic E-state index is 13.6. The summed E-state index contributed by atoms with van der Waals surface area (Å²) < 4.78 is 20.4. The number of carbonyl (C=O) groups is 1. The SMILES string of the molecule is O=C(Nc1ccnn1Cc1ccc(Cl)c(F)c1)c1cc(-c2ccco2)[nH]n1. The number of halogens is 2. The molecule has 0 bridgehead atoms. The molecule has 0 fully saturated rings. The zero-order chi connectivity index (χ0) is 18.8. The number of nitrogens with one attached hydrogen (secondary N) is 2. The van der Waals surface area contributed by atoms with E-state index in [1.165, 1.54) is 18.4 Å². The average molecular weight is 386 g/mol. The molecular weight excluding hydrogens is 373 g/mol. The zero-order valence-corrected chi connectivity index (χ0v) is 14.6. The highest BCUT2D eigenvalue weighted by Crippen LogP contribution is 2.20. The molecule has 9 heteroatoms. The third-order valence-corrected chi connectivity index (χ3v) is 4.18. The fourth-order valence-electron chi connectivity index (χ4n) is 2.55. The standard InChI is InChI=1S/C18H13ClFN5O2/c19-12-4-3-11(8-13(12)20)10-25-17(5-6-21-25)22-18(26)15-9-14(23-24-15)16-2-1-7-27-16/h1-9H,10H2,(H,22,26)(H,23,24). The molecule has 0 saturated carbocycles. The molecule has 0 spiro atoms. The van der Waals surface area contributed by atoms with Gasteiger partial charge in [-0.15, -0.1) is 0 Å². The van der Waals surface area contributed by atoms with Gasteiger partial charge in [0.25, 0.3) is 5.91 Å². The van der Waals surface area contributed by atoms with Crippen LogP contribution in [0.4, 0.5) is 10.2 Å². The number of aromatic nitrogens is 4. The van der Waals surface area contributed by atoms with Crippen LogP contribution in [0.15, 0.2) is 59.3 Å². The Balaban J connectivity index is 1.49. The highest BCUT2D eigenvalue weighted by molar-refractivity contribution is 6.30. The van der Waals surface area contributed by atoms with Gasteiger partial charge in [-0.05, 0) is 29.8 Å². The van der Waals surface area contributed by atoms with Gasteiger partial charge in [-0.3, -0.25) is 9.89 Å². The second kappa shape index (κ2) is 7.08. The number of hydrogen-bond donors (Lipinski definition) is 2. The minimum atomic E-state index is -0.506. The number of carbonyl (C=O) groups excluding carboxylic acids is 1. The highest BCUT2D eigenvalue weighted by Gasteiger charge is 2.15. The minimum absolute atomic E-state index is 0.0543. The van der Waals surface area contributed by atoms with Crippen LogP contribution in [0.5, 0.6) is 0 Å². The van der Waals surface area contributed by atoms with E-state index < -0.39 is 11.7 Å². The smallest absolute Gasteiger partial charge is 0.277 e. The van der Waals surface area contributed by atoms with Crippen LogP contribution in [-0.4, -0.2) is 25.9 Å².